The quantitative estimate of drug-likeness (QED) is 0.625. The summed E-state index contributed by atoms with van der Waals surface area (Å²) < 4.78 is 1.91. The van der Waals surface area contributed by atoms with Crippen LogP contribution in [0.25, 0.3) is 0 Å². The molecule has 15 heavy (non-hydrogen) atoms. The zero-order valence-corrected chi connectivity index (χ0v) is 8.85. The first-order valence-corrected chi connectivity index (χ1v) is 5.33. The summed E-state index contributed by atoms with van der Waals surface area (Å²) in [7, 11) is 0. The average Bonchev–Trinajstić information content (AvgIpc) is 2.78. The Bertz CT molecular complexity index is 307. The van der Waals surface area contributed by atoms with Gasteiger partial charge in [-0.1, -0.05) is 5.21 Å². The van der Waals surface area contributed by atoms with Crippen LogP contribution in [0.5, 0.6) is 0 Å². The molecule has 1 aromatic heterocycles. The van der Waals surface area contributed by atoms with Crippen LogP contribution in [-0.2, 0) is 0 Å². The normalized spacial score (nSPS) is 20.4. The maximum absolute atomic E-state index is 8.77. The number of aromatic nitrogens is 3. The van der Waals surface area contributed by atoms with Gasteiger partial charge in [-0.2, -0.15) is 5.48 Å². The Labute approximate surface area is 88.6 Å². The van der Waals surface area contributed by atoms with Gasteiger partial charge in [0.05, 0.1) is 18.3 Å². The van der Waals surface area contributed by atoms with Gasteiger partial charge in [0, 0.05) is 0 Å². The molecular weight excluding hydrogens is 194 g/mol. The number of nitrogens with one attached hydrogen (secondary N) is 2. The van der Waals surface area contributed by atoms with Crippen molar-refractivity contribution < 1.29 is 5.21 Å². The lowest BCUT2D eigenvalue weighted by atomic mass is 10.1. The standard InChI is InChI=1S/C9H17N5O/c1-7(12-15)9-6-14(13-11-9)8-2-4-10-5-3-8/h6-8,10,12,15H,2-5H2,1H3. The van der Waals surface area contributed by atoms with E-state index < -0.39 is 0 Å². The Morgan fingerprint density at radius 2 is 2.33 bits per heavy atom. The maximum atomic E-state index is 8.77. The largest absolute Gasteiger partial charge is 0.317 e. The summed E-state index contributed by atoms with van der Waals surface area (Å²) in [6, 6.07) is 0.277. The van der Waals surface area contributed by atoms with E-state index >= 15 is 0 Å². The molecule has 1 aromatic rings. The summed E-state index contributed by atoms with van der Waals surface area (Å²) in [4.78, 5) is 0. The second-order valence-corrected chi connectivity index (χ2v) is 3.96. The van der Waals surface area contributed by atoms with Crippen molar-refractivity contribution in [3.05, 3.63) is 11.9 Å². The van der Waals surface area contributed by atoms with Gasteiger partial charge in [0.1, 0.15) is 5.69 Å². The molecule has 0 amide bonds. The lowest BCUT2D eigenvalue weighted by Gasteiger charge is -2.22. The lowest BCUT2D eigenvalue weighted by Crippen LogP contribution is -2.29. The Kier molecular flexibility index (Phi) is 3.30. The predicted molar refractivity (Wildman–Crippen MR) is 54.5 cm³/mol. The molecule has 0 saturated carbocycles. The molecule has 1 atom stereocenters. The highest BCUT2D eigenvalue weighted by atomic mass is 16.5. The molecule has 84 valence electrons. The third-order valence-corrected chi connectivity index (χ3v) is 2.85. The number of nitrogens with zero attached hydrogens (tertiary/aromatic N) is 3. The van der Waals surface area contributed by atoms with E-state index in [9.17, 15) is 0 Å². The molecule has 0 aromatic carbocycles. The van der Waals surface area contributed by atoms with Crippen LogP contribution in [0.4, 0.5) is 0 Å². The van der Waals surface area contributed by atoms with Crippen LogP contribution in [-0.4, -0.2) is 33.3 Å². The molecule has 0 bridgehead atoms. The van der Waals surface area contributed by atoms with Crippen LogP contribution in [0.2, 0.25) is 0 Å². The number of rotatable bonds is 3. The maximum Gasteiger partial charge on any atom is 0.102 e. The molecule has 1 aliphatic rings. The summed E-state index contributed by atoms with van der Waals surface area (Å²) in [6.07, 6.45) is 4.08. The topological polar surface area (TPSA) is 75.0 Å². The minimum absolute atomic E-state index is 0.166. The van der Waals surface area contributed by atoms with Crippen molar-refractivity contribution in [3.8, 4) is 0 Å². The molecule has 0 spiro atoms. The van der Waals surface area contributed by atoms with Crippen LogP contribution in [0, 0.1) is 0 Å². The minimum atomic E-state index is -0.166. The van der Waals surface area contributed by atoms with E-state index in [4.69, 9.17) is 5.21 Å². The molecule has 2 rings (SSSR count). The molecule has 6 nitrogen and oxygen atoms in total. The molecule has 1 fully saturated rings. The molecule has 2 heterocycles. The van der Waals surface area contributed by atoms with Crippen molar-refractivity contribution in [1.82, 2.24) is 25.8 Å². The van der Waals surface area contributed by atoms with E-state index in [1.165, 1.54) is 0 Å². The van der Waals surface area contributed by atoms with E-state index in [0.717, 1.165) is 31.6 Å². The molecule has 0 radical (unpaired) electrons. The molecule has 3 N–H and O–H groups in total. The van der Waals surface area contributed by atoms with Crippen LogP contribution in [0.3, 0.4) is 0 Å². The Hall–Kier alpha value is -0.980. The summed E-state index contributed by atoms with van der Waals surface area (Å²) in [5.41, 5.74) is 2.94. The van der Waals surface area contributed by atoms with Crippen molar-refractivity contribution in [2.45, 2.75) is 31.8 Å². The first kappa shape index (κ1) is 10.5. The summed E-state index contributed by atoms with van der Waals surface area (Å²) in [5, 5.41) is 20.2. The van der Waals surface area contributed by atoms with Crippen LogP contribution >= 0.6 is 0 Å². The van der Waals surface area contributed by atoms with Crippen LogP contribution < -0.4 is 10.8 Å². The van der Waals surface area contributed by atoms with E-state index in [1.807, 2.05) is 17.8 Å². The van der Waals surface area contributed by atoms with Crippen molar-refractivity contribution in [3.63, 3.8) is 0 Å². The van der Waals surface area contributed by atoms with Crippen molar-refractivity contribution >= 4 is 0 Å². The average molecular weight is 211 g/mol. The van der Waals surface area contributed by atoms with Crippen molar-refractivity contribution in [1.29, 1.82) is 0 Å². The SMILES string of the molecule is CC(NO)c1cn(C2CCNCC2)nn1. The molecular formula is C9H17N5O. The van der Waals surface area contributed by atoms with Crippen molar-refractivity contribution in [2.75, 3.05) is 13.1 Å². The van der Waals surface area contributed by atoms with Gasteiger partial charge < -0.3 is 10.5 Å². The first-order chi connectivity index (χ1) is 7.31. The monoisotopic (exact) mass is 211 g/mol. The van der Waals surface area contributed by atoms with E-state index in [-0.39, 0.29) is 6.04 Å². The fourth-order valence-electron chi connectivity index (χ4n) is 1.80. The smallest absolute Gasteiger partial charge is 0.102 e. The molecule has 6 heteroatoms. The van der Waals surface area contributed by atoms with Gasteiger partial charge in [0.25, 0.3) is 0 Å². The highest BCUT2D eigenvalue weighted by Crippen LogP contribution is 2.18. The Morgan fingerprint density at radius 3 is 3.00 bits per heavy atom. The first-order valence-electron chi connectivity index (χ1n) is 5.33. The Morgan fingerprint density at radius 1 is 1.60 bits per heavy atom. The van der Waals surface area contributed by atoms with E-state index in [2.05, 4.69) is 21.1 Å². The Balaban J connectivity index is 2.05. The highest BCUT2D eigenvalue weighted by molar-refractivity contribution is 4.99. The number of hydrogen-bond donors (Lipinski definition) is 3. The third kappa shape index (κ3) is 2.34. The second kappa shape index (κ2) is 4.69. The van der Waals surface area contributed by atoms with E-state index in [0.29, 0.717) is 6.04 Å². The van der Waals surface area contributed by atoms with Gasteiger partial charge in [-0.15, -0.1) is 5.10 Å². The van der Waals surface area contributed by atoms with Crippen LogP contribution in [0.15, 0.2) is 6.20 Å². The van der Waals surface area contributed by atoms with Gasteiger partial charge in [-0.25, -0.2) is 4.68 Å². The van der Waals surface area contributed by atoms with Gasteiger partial charge >= 0.3 is 0 Å². The number of hydrogen-bond acceptors (Lipinski definition) is 5. The van der Waals surface area contributed by atoms with Gasteiger partial charge in [-0.3, -0.25) is 0 Å². The minimum Gasteiger partial charge on any atom is -0.317 e. The van der Waals surface area contributed by atoms with Gasteiger partial charge in [0.2, 0.25) is 0 Å². The fourth-order valence-corrected chi connectivity index (χ4v) is 1.80. The third-order valence-electron chi connectivity index (χ3n) is 2.85. The number of piperidine rings is 1. The second-order valence-electron chi connectivity index (χ2n) is 3.96. The number of hydroxylamine groups is 1. The molecule has 1 saturated heterocycles. The summed E-state index contributed by atoms with van der Waals surface area (Å²) >= 11 is 0. The molecule has 1 aliphatic heterocycles. The summed E-state index contributed by atoms with van der Waals surface area (Å²) in [6.45, 7) is 3.91. The molecule has 0 aliphatic carbocycles. The van der Waals surface area contributed by atoms with Crippen LogP contribution in [0.1, 0.15) is 37.5 Å². The predicted octanol–water partition coefficient (Wildman–Crippen LogP) is 0.242. The zero-order valence-electron chi connectivity index (χ0n) is 8.85. The fraction of sp³-hybridized carbons (Fsp3) is 0.778. The van der Waals surface area contributed by atoms with Crippen molar-refractivity contribution in [2.24, 2.45) is 0 Å². The van der Waals surface area contributed by atoms with Gasteiger partial charge in [0.15, 0.2) is 0 Å². The zero-order chi connectivity index (χ0) is 10.7. The summed E-state index contributed by atoms with van der Waals surface area (Å²) in [5.74, 6) is 0. The highest BCUT2D eigenvalue weighted by Gasteiger charge is 2.17. The van der Waals surface area contributed by atoms with E-state index in [1.54, 1.807) is 0 Å². The van der Waals surface area contributed by atoms with Gasteiger partial charge in [-0.05, 0) is 32.9 Å². The molecule has 1 unspecified atom stereocenters. The lowest BCUT2D eigenvalue weighted by molar-refractivity contribution is 0.131.